The molecule has 0 aliphatic rings. The summed E-state index contributed by atoms with van der Waals surface area (Å²) in [5.74, 6) is 0. The number of benzene rings is 9. The van der Waals surface area contributed by atoms with Crippen molar-refractivity contribution >= 4 is 60.5 Å². The lowest BCUT2D eigenvalue weighted by Gasteiger charge is -2.28. The van der Waals surface area contributed by atoms with Crippen LogP contribution in [0.3, 0.4) is 0 Å². The molecule has 0 fully saturated rings. The van der Waals surface area contributed by atoms with Crippen LogP contribution in [0.15, 0.2) is 205 Å². The van der Waals surface area contributed by atoms with Gasteiger partial charge in [-0.2, -0.15) is 0 Å². The predicted octanol–water partition coefficient (Wildman–Crippen LogP) is 14.4. The Morgan fingerprint density at radius 3 is 1.90 bits per heavy atom. The topological polar surface area (TPSA) is 16.4 Å². The van der Waals surface area contributed by atoms with E-state index < -0.39 is 0 Å². The minimum Gasteiger partial charge on any atom is -0.455 e. The van der Waals surface area contributed by atoms with E-state index in [1.165, 1.54) is 0 Å². The van der Waals surface area contributed by atoms with Gasteiger partial charge in [-0.1, -0.05) is 152 Å². The van der Waals surface area contributed by atoms with E-state index >= 15 is 0 Å². The third kappa shape index (κ3) is 5.12. The maximum Gasteiger partial charge on any atom is 0.143 e. The van der Waals surface area contributed by atoms with Crippen LogP contribution in [0.1, 0.15) is 5.48 Å². The number of fused-ring (bicyclic) bond motifs is 6. The summed E-state index contributed by atoms with van der Waals surface area (Å²) in [5, 5.41) is 6.45. The molecule has 0 amide bonds. The van der Waals surface area contributed by atoms with Crippen LogP contribution in [-0.4, -0.2) is 0 Å². The highest BCUT2D eigenvalue weighted by molar-refractivity contribution is 6.15. The fourth-order valence-corrected chi connectivity index (χ4v) is 7.41. The quantitative estimate of drug-likeness (QED) is 0.175. The monoisotopic (exact) mass is 667 g/mol. The summed E-state index contributed by atoms with van der Waals surface area (Å²) in [4.78, 5) is 1.88. The lowest BCUT2D eigenvalue weighted by molar-refractivity contribution is 0.672. The molecule has 0 saturated carbocycles. The lowest BCUT2D eigenvalue weighted by Crippen LogP contribution is -2.11. The van der Waals surface area contributed by atoms with Crippen molar-refractivity contribution in [2.24, 2.45) is 0 Å². The lowest BCUT2D eigenvalue weighted by atomic mass is 9.96. The van der Waals surface area contributed by atoms with Gasteiger partial charge in [0.05, 0.1) is 11.2 Å². The maximum atomic E-state index is 9.50. The number of nitrogens with zero attached hydrogens (tertiary/aromatic N) is 1. The standard InChI is InChI=1S/C50H33NO/c1-2-11-34(12-3-1)35-23-28-40(29-24-35)51(41-30-25-37(26-31-41)43-18-10-14-36-13-4-5-15-42(36)43)48-19-8-6-16-44(48)39-22-21-38-27-32-46-45-17-7-9-20-49(45)52-50(46)47(38)33-39/h1-33H/i23D,24D,28D,29D. The predicted molar refractivity (Wildman–Crippen MR) is 220 cm³/mol. The van der Waals surface area contributed by atoms with Crippen molar-refractivity contribution in [1.29, 1.82) is 0 Å². The summed E-state index contributed by atoms with van der Waals surface area (Å²) >= 11 is 0. The molecule has 0 aliphatic carbocycles. The number of para-hydroxylation sites is 2. The third-order valence-corrected chi connectivity index (χ3v) is 9.94. The Balaban J connectivity index is 1.20. The SMILES string of the molecule is [2H]c1c([2H])c(N(c2ccc(-c3cccc4ccccc34)cc2)c2ccccc2-c2ccc3ccc4c5ccccc5oc4c3c2)c([2H])c([2H])c1-c1ccccc1. The van der Waals surface area contributed by atoms with Crippen LogP contribution in [0.25, 0.3) is 76.9 Å². The van der Waals surface area contributed by atoms with E-state index in [1.807, 2.05) is 102 Å². The van der Waals surface area contributed by atoms with Crippen LogP contribution in [0.4, 0.5) is 17.1 Å². The second kappa shape index (κ2) is 12.5. The van der Waals surface area contributed by atoms with Crippen molar-refractivity contribution in [2.45, 2.75) is 0 Å². The van der Waals surface area contributed by atoms with Gasteiger partial charge in [0.15, 0.2) is 0 Å². The minimum atomic E-state index is -0.125. The first-order valence-corrected chi connectivity index (χ1v) is 17.4. The first kappa shape index (κ1) is 26.0. The Hall–Kier alpha value is -6.90. The summed E-state index contributed by atoms with van der Waals surface area (Å²) in [6.07, 6.45) is 0. The molecule has 0 aliphatic heterocycles. The van der Waals surface area contributed by atoms with Crippen molar-refractivity contribution in [3.8, 4) is 33.4 Å². The number of hydrogen-bond donors (Lipinski definition) is 0. The van der Waals surface area contributed by atoms with E-state index in [2.05, 4.69) is 78.9 Å². The highest BCUT2D eigenvalue weighted by atomic mass is 16.3. The average molecular weight is 668 g/mol. The number of furan rings is 1. The van der Waals surface area contributed by atoms with Gasteiger partial charge in [-0.25, -0.2) is 0 Å². The molecule has 0 N–H and O–H groups in total. The Bertz CT molecular complexity index is 3100. The van der Waals surface area contributed by atoms with E-state index in [9.17, 15) is 5.48 Å². The van der Waals surface area contributed by atoms with E-state index in [-0.39, 0.29) is 35.4 Å². The molecule has 10 rings (SSSR count). The van der Waals surface area contributed by atoms with Gasteiger partial charge in [0.2, 0.25) is 0 Å². The zero-order chi connectivity index (χ0) is 37.9. The first-order chi connectivity index (χ1) is 27.5. The molecular formula is C50H33NO. The fraction of sp³-hybridized carbons (Fsp3) is 0. The van der Waals surface area contributed by atoms with Crippen LogP contribution < -0.4 is 4.90 Å². The second-order valence-electron chi connectivity index (χ2n) is 13.0. The molecule has 2 nitrogen and oxygen atoms in total. The van der Waals surface area contributed by atoms with Crippen LogP contribution in [0.2, 0.25) is 0 Å². The maximum absolute atomic E-state index is 9.50. The van der Waals surface area contributed by atoms with Gasteiger partial charge in [0, 0.05) is 33.1 Å². The molecular weight excluding hydrogens is 631 g/mol. The Kier molecular flexibility index (Phi) is 6.22. The van der Waals surface area contributed by atoms with Gasteiger partial charge in [0.1, 0.15) is 11.2 Å². The number of rotatable bonds is 6. The Labute approximate surface area is 308 Å². The Morgan fingerprint density at radius 2 is 1.04 bits per heavy atom. The average Bonchev–Trinajstić information content (AvgIpc) is 3.64. The smallest absolute Gasteiger partial charge is 0.143 e. The normalized spacial score (nSPS) is 12.5. The third-order valence-electron chi connectivity index (χ3n) is 9.94. The van der Waals surface area contributed by atoms with Crippen molar-refractivity contribution < 1.29 is 9.90 Å². The van der Waals surface area contributed by atoms with Gasteiger partial charge in [-0.15, -0.1) is 0 Å². The highest BCUT2D eigenvalue weighted by Gasteiger charge is 2.19. The van der Waals surface area contributed by atoms with Crippen LogP contribution in [-0.2, 0) is 0 Å². The fourth-order valence-electron chi connectivity index (χ4n) is 7.41. The molecule has 10 aromatic rings. The zero-order valence-corrected chi connectivity index (χ0v) is 28.1. The molecule has 0 spiro atoms. The summed E-state index contributed by atoms with van der Waals surface area (Å²) in [6.45, 7) is 0. The van der Waals surface area contributed by atoms with E-state index in [1.54, 1.807) is 0 Å². The summed E-state index contributed by atoms with van der Waals surface area (Å²) in [7, 11) is 0. The van der Waals surface area contributed by atoms with Crippen LogP contribution in [0.5, 0.6) is 0 Å². The Morgan fingerprint density at radius 1 is 0.385 bits per heavy atom. The number of hydrogen-bond acceptors (Lipinski definition) is 2. The van der Waals surface area contributed by atoms with Gasteiger partial charge in [-0.3, -0.25) is 0 Å². The molecule has 0 atom stereocenters. The molecule has 1 heterocycles. The van der Waals surface area contributed by atoms with E-state index in [0.29, 0.717) is 11.3 Å². The molecule has 0 saturated heterocycles. The van der Waals surface area contributed by atoms with E-state index in [0.717, 1.165) is 71.4 Å². The molecule has 9 aromatic carbocycles. The molecule has 2 heteroatoms. The summed E-state index contributed by atoms with van der Waals surface area (Å²) in [6, 6.07) is 58.1. The molecule has 0 radical (unpaired) electrons. The van der Waals surface area contributed by atoms with Gasteiger partial charge >= 0.3 is 0 Å². The molecule has 244 valence electrons. The van der Waals surface area contributed by atoms with Crippen molar-refractivity contribution in [3.63, 3.8) is 0 Å². The molecule has 1 aromatic heterocycles. The van der Waals surface area contributed by atoms with Gasteiger partial charge in [-0.05, 0) is 92.5 Å². The minimum absolute atomic E-state index is 0.0972. The van der Waals surface area contributed by atoms with Crippen LogP contribution >= 0.6 is 0 Å². The number of anilines is 3. The van der Waals surface area contributed by atoms with Crippen molar-refractivity contribution in [2.75, 3.05) is 4.90 Å². The summed E-state index contributed by atoms with van der Waals surface area (Å²) in [5.41, 5.74) is 8.08. The van der Waals surface area contributed by atoms with Gasteiger partial charge in [0.25, 0.3) is 0 Å². The zero-order valence-electron chi connectivity index (χ0n) is 32.1. The molecule has 0 unspecified atom stereocenters. The summed E-state index contributed by atoms with van der Waals surface area (Å²) < 4.78 is 44.0. The van der Waals surface area contributed by atoms with Crippen molar-refractivity contribution in [1.82, 2.24) is 0 Å². The largest absolute Gasteiger partial charge is 0.455 e. The highest BCUT2D eigenvalue weighted by Crippen LogP contribution is 2.43. The molecule has 52 heavy (non-hydrogen) atoms. The van der Waals surface area contributed by atoms with Crippen LogP contribution in [0, 0.1) is 0 Å². The van der Waals surface area contributed by atoms with Crippen molar-refractivity contribution in [3.05, 3.63) is 200 Å². The first-order valence-electron chi connectivity index (χ1n) is 19.4. The molecule has 0 bridgehead atoms. The van der Waals surface area contributed by atoms with Gasteiger partial charge < -0.3 is 9.32 Å². The second-order valence-corrected chi connectivity index (χ2v) is 13.0. The van der Waals surface area contributed by atoms with E-state index in [4.69, 9.17) is 4.42 Å².